The van der Waals surface area contributed by atoms with Crippen molar-refractivity contribution in [3.8, 4) is 11.1 Å². The van der Waals surface area contributed by atoms with E-state index in [0.717, 1.165) is 20.3 Å². The van der Waals surface area contributed by atoms with Crippen LogP contribution in [-0.4, -0.2) is 22.0 Å². The smallest absolute Gasteiger partial charge is 0.353 e. The van der Waals surface area contributed by atoms with Gasteiger partial charge in [0.25, 0.3) is 0 Å². The molecule has 3 rings (SSSR count). The summed E-state index contributed by atoms with van der Waals surface area (Å²) in [5, 5.41) is 14.1. The van der Waals surface area contributed by atoms with Gasteiger partial charge >= 0.3 is 5.97 Å². The van der Waals surface area contributed by atoms with Crippen molar-refractivity contribution in [3.63, 3.8) is 0 Å². The van der Waals surface area contributed by atoms with E-state index in [0.29, 0.717) is 11.3 Å². The van der Waals surface area contributed by atoms with Crippen molar-refractivity contribution in [1.29, 1.82) is 0 Å². The average Bonchev–Trinajstić information content (AvgIpc) is 2.99. The zero-order valence-corrected chi connectivity index (χ0v) is 13.8. The number of aromatic nitrogens is 1. The highest BCUT2D eigenvalue weighted by atomic mass is 79.9. The van der Waals surface area contributed by atoms with Crippen LogP contribution in [0.4, 0.5) is 5.69 Å². The number of rotatable bonds is 3. The van der Waals surface area contributed by atoms with Gasteiger partial charge in [-0.05, 0) is 33.6 Å². The Bertz CT molecular complexity index is 897. The molecule has 0 saturated carbocycles. The van der Waals surface area contributed by atoms with Crippen molar-refractivity contribution >= 4 is 55.0 Å². The summed E-state index contributed by atoms with van der Waals surface area (Å²) in [5.41, 5.74) is 2.91. The average molecular weight is 379 g/mol. The molecule has 0 atom stereocenters. The highest BCUT2D eigenvalue weighted by Gasteiger charge is 2.21. The maximum atomic E-state index is 11.5. The molecule has 7 heteroatoms. The van der Waals surface area contributed by atoms with Crippen LogP contribution in [0.1, 0.15) is 17.4 Å². The topological polar surface area (TPSA) is 82.2 Å². The molecule has 1 amide bonds. The molecule has 0 radical (unpaired) electrons. The van der Waals surface area contributed by atoms with Crippen LogP contribution in [0.25, 0.3) is 21.3 Å². The molecule has 2 heterocycles. The summed E-state index contributed by atoms with van der Waals surface area (Å²) in [5.74, 6) is -1.19. The van der Waals surface area contributed by atoms with E-state index >= 15 is 0 Å². The molecule has 0 spiro atoms. The van der Waals surface area contributed by atoms with Crippen LogP contribution in [0.2, 0.25) is 0 Å². The van der Waals surface area contributed by atoms with Crippen molar-refractivity contribution < 1.29 is 14.7 Å². The maximum absolute atomic E-state index is 11.5. The van der Waals surface area contributed by atoms with Crippen molar-refractivity contribution in [1.82, 2.24) is 4.98 Å². The lowest BCUT2D eigenvalue weighted by atomic mass is 10.0. The van der Waals surface area contributed by atoms with Crippen molar-refractivity contribution in [2.45, 2.75) is 6.92 Å². The fourth-order valence-corrected chi connectivity index (χ4v) is 3.99. The van der Waals surface area contributed by atoms with E-state index in [1.165, 1.54) is 18.3 Å². The van der Waals surface area contributed by atoms with Gasteiger partial charge in [0.05, 0.1) is 14.7 Å². The first-order valence-electron chi connectivity index (χ1n) is 6.37. The van der Waals surface area contributed by atoms with E-state index in [-0.39, 0.29) is 11.6 Å². The second-order valence-corrected chi connectivity index (χ2v) is 6.46. The number of H-pyrrole nitrogens is 1. The van der Waals surface area contributed by atoms with Gasteiger partial charge in [-0.1, -0.05) is 12.1 Å². The lowest BCUT2D eigenvalue weighted by molar-refractivity contribution is -0.114. The third-order valence-corrected chi connectivity index (χ3v) is 5.08. The molecular weight excluding hydrogens is 368 g/mol. The van der Waals surface area contributed by atoms with Gasteiger partial charge in [0, 0.05) is 23.6 Å². The van der Waals surface area contributed by atoms with Crippen molar-refractivity contribution in [2.75, 3.05) is 5.32 Å². The number of hydrogen-bond acceptors (Lipinski definition) is 3. The van der Waals surface area contributed by atoms with E-state index < -0.39 is 5.97 Å². The van der Waals surface area contributed by atoms with Crippen LogP contribution in [0, 0.1) is 0 Å². The SMILES string of the molecule is CC(=O)Nc1cccc(-c2c(C(=O)O)[nH]c3c(Br)csc23)c1. The van der Waals surface area contributed by atoms with Crippen LogP contribution < -0.4 is 5.32 Å². The lowest BCUT2D eigenvalue weighted by Gasteiger charge is -2.06. The van der Waals surface area contributed by atoms with Gasteiger partial charge < -0.3 is 15.4 Å². The first kappa shape index (κ1) is 14.8. The van der Waals surface area contributed by atoms with Crippen molar-refractivity contribution in [3.05, 3.63) is 39.8 Å². The number of anilines is 1. The number of fused-ring (bicyclic) bond motifs is 1. The lowest BCUT2D eigenvalue weighted by Crippen LogP contribution is -2.05. The number of amides is 1. The molecule has 3 N–H and O–H groups in total. The molecule has 1 aromatic carbocycles. The number of thiophene rings is 1. The summed E-state index contributed by atoms with van der Waals surface area (Å²) in [6.45, 7) is 1.43. The van der Waals surface area contributed by atoms with Gasteiger partial charge in [-0.15, -0.1) is 11.3 Å². The number of hydrogen-bond donors (Lipinski definition) is 3. The minimum Gasteiger partial charge on any atom is -0.477 e. The number of aromatic carboxylic acids is 1. The minimum absolute atomic E-state index is 0.141. The summed E-state index contributed by atoms with van der Waals surface area (Å²) in [6, 6.07) is 7.14. The monoisotopic (exact) mass is 378 g/mol. The Kier molecular flexibility index (Phi) is 3.76. The summed E-state index contributed by atoms with van der Waals surface area (Å²) in [7, 11) is 0. The zero-order chi connectivity index (χ0) is 15.9. The molecule has 22 heavy (non-hydrogen) atoms. The highest BCUT2D eigenvalue weighted by Crippen LogP contribution is 2.40. The largest absolute Gasteiger partial charge is 0.477 e. The molecule has 0 bridgehead atoms. The second kappa shape index (κ2) is 5.58. The quantitative estimate of drug-likeness (QED) is 0.634. The maximum Gasteiger partial charge on any atom is 0.353 e. The van der Waals surface area contributed by atoms with Gasteiger partial charge in [-0.25, -0.2) is 4.79 Å². The third-order valence-electron chi connectivity index (χ3n) is 3.16. The number of carboxylic acid groups (broad SMARTS) is 1. The predicted octanol–water partition coefficient (Wildman–Crippen LogP) is 4.32. The molecule has 0 aliphatic rings. The van der Waals surface area contributed by atoms with Gasteiger partial charge in [0.1, 0.15) is 5.69 Å². The van der Waals surface area contributed by atoms with E-state index in [1.54, 1.807) is 18.2 Å². The number of nitrogens with one attached hydrogen (secondary N) is 2. The van der Waals surface area contributed by atoms with Crippen LogP contribution in [-0.2, 0) is 4.79 Å². The number of carbonyl (C=O) groups is 2. The van der Waals surface area contributed by atoms with Gasteiger partial charge in [0.15, 0.2) is 0 Å². The Morgan fingerprint density at radius 1 is 1.36 bits per heavy atom. The van der Waals surface area contributed by atoms with Crippen LogP contribution in [0.3, 0.4) is 0 Å². The van der Waals surface area contributed by atoms with Crippen molar-refractivity contribution in [2.24, 2.45) is 0 Å². The van der Waals surface area contributed by atoms with E-state index in [2.05, 4.69) is 26.2 Å². The fourth-order valence-electron chi connectivity index (χ4n) is 2.33. The number of halogens is 1. The fraction of sp³-hybridized carbons (Fsp3) is 0.0667. The number of aromatic amines is 1. The summed E-state index contributed by atoms with van der Waals surface area (Å²) in [4.78, 5) is 25.7. The highest BCUT2D eigenvalue weighted by molar-refractivity contribution is 9.10. The van der Waals surface area contributed by atoms with Gasteiger partial charge in [-0.3, -0.25) is 4.79 Å². The first-order chi connectivity index (χ1) is 10.5. The number of carboxylic acids is 1. The van der Waals surface area contributed by atoms with Crippen LogP contribution >= 0.6 is 27.3 Å². The van der Waals surface area contributed by atoms with Gasteiger partial charge in [-0.2, -0.15) is 0 Å². The van der Waals surface area contributed by atoms with Crippen LogP contribution in [0.5, 0.6) is 0 Å². The van der Waals surface area contributed by atoms with E-state index in [1.807, 2.05) is 11.4 Å². The molecule has 5 nitrogen and oxygen atoms in total. The number of carbonyl (C=O) groups excluding carboxylic acids is 1. The molecule has 0 aliphatic heterocycles. The van der Waals surface area contributed by atoms with Gasteiger partial charge in [0.2, 0.25) is 5.91 Å². The summed E-state index contributed by atoms with van der Waals surface area (Å²) >= 11 is 4.88. The second-order valence-electron chi connectivity index (χ2n) is 4.73. The molecular formula is C15H11BrN2O3S. The molecule has 0 unspecified atom stereocenters. The van der Waals surface area contributed by atoms with E-state index in [4.69, 9.17) is 0 Å². The molecule has 112 valence electrons. The normalized spacial score (nSPS) is 10.8. The third kappa shape index (κ3) is 2.53. The van der Waals surface area contributed by atoms with Crippen LogP contribution in [0.15, 0.2) is 34.1 Å². The first-order valence-corrected chi connectivity index (χ1v) is 8.04. The zero-order valence-electron chi connectivity index (χ0n) is 11.4. The Morgan fingerprint density at radius 2 is 2.14 bits per heavy atom. The minimum atomic E-state index is -1.02. The molecule has 3 aromatic rings. The Labute approximate surface area is 138 Å². The summed E-state index contributed by atoms with van der Waals surface area (Å²) < 4.78 is 1.70. The molecule has 2 aromatic heterocycles. The Morgan fingerprint density at radius 3 is 2.82 bits per heavy atom. The standard InChI is InChI=1S/C15H11BrN2O3S/c1-7(19)17-9-4-2-3-8(5-9)11-13(15(20)21)18-12-10(16)6-22-14(11)12/h2-6,18H,1H3,(H,17,19)(H,20,21). The van der Waals surface area contributed by atoms with E-state index in [9.17, 15) is 14.7 Å². The Hall–Kier alpha value is -2.12. The summed E-state index contributed by atoms with van der Waals surface area (Å²) in [6.07, 6.45) is 0. The molecule has 0 aliphatic carbocycles. The molecule has 0 fully saturated rings. The molecule has 0 saturated heterocycles. The predicted molar refractivity (Wildman–Crippen MR) is 90.6 cm³/mol. The Balaban J connectivity index is 2.22. The number of benzene rings is 1.